The van der Waals surface area contributed by atoms with Gasteiger partial charge in [0.25, 0.3) is 0 Å². The maximum Gasteiger partial charge on any atom is 0.0640 e. The molecule has 0 aromatic heterocycles. The van der Waals surface area contributed by atoms with Gasteiger partial charge in [-0.2, -0.15) is 0 Å². The number of benzene rings is 1. The monoisotopic (exact) mass is 328 g/mol. The van der Waals surface area contributed by atoms with Gasteiger partial charge in [-0.3, -0.25) is 0 Å². The van der Waals surface area contributed by atoms with Gasteiger partial charge < -0.3 is 10.2 Å². The first-order valence-electron chi connectivity index (χ1n) is 8.02. The molecule has 1 atom stereocenters. The smallest absolute Gasteiger partial charge is 0.0640 e. The van der Waals surface area contributed by atoms with E-state index >= 15 is 0 Å². The summed E-state index contributed by atoms with van der Waals surface area (Å²) < 4.78 is 0. The lowest BCUT2D eigenvalue weighted by Gasteiger charge is -2.29. The van der Waals surface area contributed by atoms with E-state index in [9.17, 15) is 0 Å². The summed E-state index contributed by atoms with van der Waals surface area (Å²) in [5, 5.41) is 4.71. The third-order valence-corrected chi connectivity index (χ3v) is 5.49. The summed E-state index contributed by atoms with van der Waals surface area (Å²) in [7, 11) is 1.99. The van der Waals surface area contributed by atoms with Crippen LogP contribution < -0.4 is 5.32 Å². The Kier molecular flexibility index (Phi) is 6.81. The molecule has 118 valence electrons. The molecule has 4 heteroatoms. The average Bonchev–Trinajstić information content (AvgIpc) is 3.01. The van der Waals surface area contributed by atoms with Crippen molar-refractivity contribution in [1.29, 1.82) is 0 Å². The van der Waals surface area contributed by atoms with Crippen molar-refractivity contribution in [3.63, 3.8) is 0 Å². The normalized spacial score (nSPS) is 17.6. The van der Waals surface area contributed by atoms with Crippen LogP contribution in [0.2, 0.25) is 10.0 Å². The zero-order valence-corrected chi connectivity index (χ0v) is 14.6. The van der Waals surface area contributed by atoms with Crippen molar-refractivity contribution >= 4 is 23.2 Å². The minimum atomic E-state index is 0.256. The third kappa shape index (κ3) is 4.35. The first-order chi connectivity index (χ1) is 10.2. The molecule has 2 nitrogen and oxygen atoms in total. The lowest BCUT2D eigenvalue weighted by molar-refractivity contribution is 0.199. The molecule has 1 fully saturated rings. The fraction of sp³-hybridized carbons (Fsp3) is 0.647. The maximum absolute atomic E-state index is 6.36. The van der Waals surface area contributed by atoms with E-state index in [-0.39, 0.29) is 6.04 Å². The Morgan fingerprint density at radius 2 is 2.00 bits per heavy atom. The molecule has 1 unspecified atom stereocenters. The van der Waals surface area contributed by atoms with Gasteiger partial charge >= 0.3 is 0 Å². The molecule has 1 aliphatic rings. The van der Waals surface area contributed by atoms with Crippen molar-refractivity contribution in [2.24, 2.45) is 0 Å². The fourth-order valence-electron chi connectivity index (χ4n) is 3.41. The summed E-state index contributed by atoms with van der Waals surface area (Å²) in [5.41, 5.74) is 1.11. The Labute approximate surface area is 138 Å². The molecule has 0 spiro atoms. The first-order valence-corrected chi connectivity index (χ1v) is 8.78. The number of halogens is 2. The number of hydrogen-bond donors (Lipinski definition) is 1. The second kappa shape index (κ2) is 8.38. The van der Waals surface area contributed by atoms with Gasteiger partial charge in [0, 0.05) is 18.6 Å². The van der Waals surface area contributed by atoms with E-state index < -0.39 is 0 Å². The summed E-state index contributed by atoms with van der Waals surface area (Å²) in [5.74, 6) is 0. The lowest BCUT2D eigenvalue weighted by atomic mass is 10.0. The Hall–Kier alpha value is -0.280. The Bertz CT molecular complexity index is 444. The number of rotatable bonds is 7. The highest BCUT2D eigenvalue weighted by atomic mass is 35.5. The van der Waals surface area contributed by atoms with E-state index in [0.717, 1.165) is 31.1 Å². The zero-order chi connectivity index (χ0) is 15.2. The largest absolute Gasteiger partial charge is 0.313 e. The van der Waals surface area contributed by atoms with E-state index in [1.165, 1.54) is 25.7 Å². The highest BCUT2D eigenvalue weighted by molar-refractivity contribution is 6.42. The van der Waals surface area contributed by atoms with Crippen LogP contribution in [0.1, 0.15) is 50.6 Å². The minimum absolute atomic E-state index is 0.256. The molecule has 2 rings (SSSR count). The van der Waals surface area contributed by atoms with Crippen LogP contribution in [0.4, 0.5) is 0 Å². The van der Waals surface area contributed by atoms with Gasteiger partial charge in [-0.05, 0) is 44.5 Å². The molecule has 1 aromatic carbocycles. The molecular formula is C17H26Cl2N2. The van der Waals surface area contributed by atoms with Gasteiger partial charge in [-0.15, -0.1) is 0 Å². The molecule has 0 saturated heterocycles. The van der Waals surface area contributed by atoms with Gasteiger partial charge in [0.05, 0.1) is 10.0 Å². The molecule has 0 aliphatic heterocycles. The van der Waals surface area contributed by atoms with Crippen LogP contribution >= 0.6 is 23.2 Å². The van der Waals surface area contributed by atoms with Gasteiger partial charge in [0.2, 0.25) is 0 Å². The van der Waals surface area contributed by atoms with E-state index in [1.54, 1.807) is 0 Å². The van der Waals surface area contributed by atoms with Crippen LogP contribution in [-0.2, 0) is 0 Å². The van der Waals surface area contributed by atoms with Gasteiger partial charge in [-0.25, -0.2) is 0 Å². The van der Waals surface area contributed by atoms with E-state index in [2.05, 4.69) is 23.2 Å². The van der Waals surface area contributed by atoms with Crippen molar-refractivity contribution in [3.05, 3.63) is 33.8 Å². The van der Waals surface area contributed by atoms with Gasteiger partial charge in [0.15, 0.2) is 0 Å². The van der Waals surface area contributed by atoms with Crippen molar-refractivity contribution in [2.45, 2.75) is 51.1 Å². The molecule has 0 amide bonds. The molecule has 1 N–H and O–H groups in total. The quantitative estimate of drug-likeness (QED) is 0.765. The summed E-state index contributed by atoms with van der Waals surface area (Å²) in [6.45, 7) is 4.50. The van der Waals surface area contributed by atoms with Crippen molar-refractivity contribution in [3.8, 4) is 0 Å². The molecule has 0 radical (unpaired) electrons. The first kappa shape index (κ1) is 17.1. The predicted octanol–water partition coefficient (Wildman–Crippen LogP) is 4.91. The standard InChI is InChI=1S/C17H26Cl2N2/c1-3-21(13-7-4-5-8-13)12-11-16(20-2)14-9-6-10-15(18)17(14)19/h6,9-10,13,16,20H,3-5,7-8,11-12H2,1-2H3. The SMILES string of the molecule is CCN(CCC(NC)c1cccc(Cl)c1Cl)C1CCCC1. The highest BCUT2D eigenvalue weighted by Gasteiger charge is 2.22. The van der Waals surface area contributed by atoms with Crippen LogP contribution in [0, 0.1) is 0 Å². The molecular weight excluding hydrogens is 303 g/mol. The minimum Gasteiger partial charge on any atom is -0.313 e. The van der Waals surface area contributed by atoms with Crippen LogP contribution in [-0.4, -0.2) is 31.1 Å². The van der Waals surface area contributed by atoms with Gasteiger partial charge in [0.1, 0.15) is 0 Å². The van der Waals surface area contributed by atoms with Crippen LogP contribution in [0.5, 0.6) is 0 Å². The van der Waals surface area contributed by atoms with Gasteiger partial charge in [-0.1, -0.05) is 55.1 Å². The lowest BCUT2D eigenvalue weighted by Crippen LogP contribution is -2.35. The molecule has 1 aliphatic carbocycles. The number of nitrogens with one attached hydrogen (secondary N) is 1. The Balaban J connectivity index is 1.99. The second-order valence-electron chi connectivity index (χ2n) is 5.84. The van der Waals surface area contributed by atoms with Crippen molar-refractivity contribution in [2.75, 3.05) is 20.1 Å². The topological polar surface area (TPSA) is 15.3 Å². The maximum atomic E-state index is 6.36. The van der Waals surface area contributed by atoms with E-state index in [1.807, 2.05) is 19.2 Å². The Morgan fingerprint density at radius 1 is 1.29 bits per heavy atom. The van der Waals surface area contributed by atoms with Crippen molar-refractivity contribution in [1.82, 2.24) is 10.2 Å². The molecule has 21 heavy (non-hydrogen) atoms. The van der Waals surface area contributed by atoms with Crippen LogP contribution in [0.15, 0.2) is 18.2 Å². The summed E-state index contributed by atoms with van der Waals surface area (Å²) in [6.07, 6.45) is 6.54. The fourth-order valence-corrected chi connectivity index (χ4v) is 3.85. The third-order valence-electron chi connectivity index (χ3n) is 4.66. The number of hydrogen-bond acceptors (Lipinski definition) is 2. The van der Waals surface area contributed by atoms with Crippen LogP contribution in [0.25, 0.3) is 0 Å². The van der Waals surface area contributed by atoms with E-state index in [4.69, 9.17) is 23.2 Å². The molecule has 1 saturated carbocycles. The molecule has 1 aromatic rings. The Morgan fingerprint density at radius 3 is 2.62 bits per heavy atom. The average molecular weight is 329 g/mol. The molecule has 0 bridgehead atoms. The van der Waals surface area contributed by atoms with E-state index in [0.29, 0.717) is 10.0 Å². The molecule has 0 heterocycles. The van der Waals surface area contributed by atoms with Crippen molar-refractivity contribution < 1.29 is 0 Å². The summed E-state index contributed by atoms with van der Waals surface area (Å²) in [6, 6.07) is 6.93. The predicted molar refractivity (Wildman–Crippen MR) is 92.4 cm³/mol. The number of nitrogens with zero attached hydrogens (tertiary/aromatic N) is 1. The second-order valence-corrected chi connectivity index (χ2v) is 6.63. The summed E-state index contributed by atoms with van der Waals surface area (Å²) >= 11 is 12.5. The van der Waals surface area contributed by atoms with Crippen LogP contribution in [0.3, 0.4) is 0 Å². The zero-order valence-electron chi connectivity index (χ0n) is 13.0. The highest BCUT2D eigenvalue weighted by Crippen LogP contribution is 2.32. The summed E-state index contributed by atoms with van der Waals surface area (Å²) in [4.78, 5) is 2.62.